The Labute approximate surface area is 147 Å². The van der Waals surface area contributed by atoms with Crippen LogP contribution < -0.4 is 10.0 Å². The molecule has 0 aliphatic carbocycles. The first-order chi connectivity index (χ1) is 11.5. The van der Waals surface area contributed by atoms with Gasteiger partial charge in [0.05, 0.1) is 10.6 Å². The van der Waals surface area contributed by atoms with Crippen LogP contribution >= 0.6 is 0 Å². The smallest absolute Gasteiger partial charge is 0.262 e. The van der Waals surface area contributed by atoms with Crippen molar-refractivity contribution in [1.82, 2.24) is 0 Å². The molecule has 6 nitrogen and oxygen atoms in total. The van der Waals surface area contributed by atoms with Gasteiger partial charge in [-0.05, 0) is 62.6 Å². The molecule has 134 valence electrons. The Morgan fingerprint density at radius 1 is 1.00 bits per heavy atom. The Balaban J connectivity index is 2.47. The summed E-state index contributed by atoms with van der Waals surface area (Å²) in [6.07, 6.45) is 0. The molecule has 0 saturated carbocycles. The van der Waals surface area contributed by atoms with E-state index >= 15 is 0 Å². The summed E-state index contributed by atoms with van der Waals surface area (Å²) in [5.74, 6) is -0.159. The fourth-order valence-electron chi connectivity index (χ4n) is 2.79. The van der Waals surface area contributed by atoms with Gasteiger partial charge in [-0.2, -0.15) is 0 Å². The van der Waals surface area contributed by atoms with Gasteiger partial charge in [-0.1, -0.05) is 6.07 Å². The average molecular weight is 362 g/mol. The number of carbonyl (C=O) groups is 1. The number of benzene rings is 2. The van der Waals surface area contributed by atoms with E-state index in [1.165, 1.54) is 6.92 Å². The van der Waals surface area contributed by atoms with Crippen molar-refractivity contribution in [3.05, 3.63) is 46.5 Å². The average Bonchev–Trinajstić information content (AvgIpc) is 2.46. The van der Waals surface area contributed by atoms with E-state index in [0.29, 0.717) is 33.6 Å². The molecule has 2 aromatic rings. The first kappa shape index (κ1) is 18.8. The van der Waals surface area contributed by atoms with E-state index in [9.17, 15) is 18.3 Å². The Hall–Kier alpha value is -2.54. The van der Waals surface area contributed by atoms with E-state index in [1.807, 2.05) is 0 Å². The fourth-order valence-corrected chi connectivity index (χ4v) is 4.37. The van der Waals surface area contributed by atoms with Crippen LogP contribution in [0, 0.1) is 27.7 Å². The molecule has 25 heavy (non-hydrogen) atoms. The molecule has 0 unspecified atom stereocenters. The maximum absolute atomic E-state index is 12.8. The molecule has 0 aliphatic heterocycles. The van der Waals surface area contributed by atoms with E-state index in [4.69, 9.17) is 0 Å². The largest absolute Gasteiger partial charge is 0.507 e. The van der Waals surface area contributed by atoms with Gasteiger partial charge in [0.25, 0.3) is 10.0 Å². The van der Waals surface area contributed by atoms with Crippen molar-refractivity contribution in [2.75, 3.05) is 10.0 Å². The Kier molecular flexibility index (Phi) is 5.08. The predicted molar refractivity (Wildman–Crippen MR) is 98.6 cm³/mol. The molecule has 0 bridgehead atoms. The van der Waals surface area contributed by atoms with E-state index in [2.05, 4.69) is 10.0 Å². The number of aromatic hydroxyl groups is 1. The van der Waals surface area contributed by atoms with Crippen LogP contribution in [-0.4, -0.2) is 19.4 Å². The van der Waals surface area contributed by atoms with Gasteiger partial charge >= 0.3 is 0 Å². The van der Waals surface area contributed by atoms with Crippen LogP contribution in [0.15, 0.2) is 29.2 Å². The number of hydrogen-bond acceptors (Lipinski definition) is 4. The van der Waals surface area contributed by atoms with Gasteiger partial charge in [0, 0.05) is 18.2 Å². The summed E-state index contributed by atoms with van der Waals surface area (Å²) in [6.45, 7) is 8.14. The van der Waals surface area contributed by atoms with Crippen LogP contribution in [-0.2, 0) is 14.8 Å². The van der Waals surface area contributed by atoms with E-state index < -0.39 is 10.0 Å². The summed E-state index contributed by atoms with van der Waals surface area (Å²) in [7, 11) is -3.85. The van der Waals surface area contributed by atoms with Gasteiger partial charge in [0.15, 0.2) is 0 Å². The first-order valence-electron chi connectivity index (χ1n) is 7.73. The summed E-state index contributed by atoms with van der Waals surface area (Å²) in [6, 6.07) is 6.50. The second-order valence-electron chi connectivity index (χ2n) is 6.13. The SMILES string of the molecule is CC(=O)Nc1cc(C)c(S(=O)(=O)Nc2ccc(C)c(O)c2C)c(C)c1. The highest BCUT2D eigenvalue weighted by Crippen LogP contribution is 2.31. The molecule has 0 heterocycles. The first-order valence-corrected chi connectivity index (χ1v) is 9.22. The van der Waals surface area contributed by atoms with Crippen molar-refractivity contribution in [1.29, 1.82) is 0 Å². The van der Waals surface area contributed by atoms with Crippen molar-refractivity contribution >= 4 is 27.3 Å². The predicted octanol–water partition coefficient (Wildman–Crippen LogP) is 3.39. The number of hydrogen-bond donors (Lipinski definition) is 3. The Morgan fingerprint density at radius 3 is 2.08 bits per heavy atom. The summed E-state index contributed by atoms with van der Waals surface area (Å²) in [5, 5.41) is 12.7. The summed E-state index contributed by atoms with van der Waals surface area (Å²) in [5.41, 5.74) is 3.05. The number of carbonyl (C=O) groups excluding carboxylic acids is 1. The molecular formula is C18H22N2O4S. The molecule has 7 heteroatoms. The molecule has 0 fully saturated rings. The lowest BCUT2D eigenvalue weighted by atomic mass is 10.1. The van der Waals surface area contributed by atoms with Crippen molar-refractivity contribution in [2.24, 2.45) is 0 Å². The second kappa shape index (κ2) is 6.76. The van der Waals surface area contributed by atoms with Gasteiger partial charge in [-0.3, -0.25) is 9.52 Å². The molecule has 2 rings (SSSR count). The summed E-state index contributed by atoms with van der Waals surface area (Å²) < 4.78 is 28.2. The van der Waals surface area contributed by atoms with Crippen molar-refractivity contribution < 1.29 is 18.3 Å². The lowest BCUT2D eigenvalue weighted by Crippen LogP contribution is -2.17. The number of sulfonamides is 1. The van der Waals surface area contributed by atoms with Gasteiger partial charge in [-0.25, -0.2) is 8.42 Å². The number of nitrogens with one attached hydrogen (secondary N) is 2. The fraction of sp³-hybridized carbons (Fsp3) is 0.278. The summed E-state index contributed by atoms with van der Waals surface area (Å²) in [4.78, 5) is 11.3. The third kappa shape index (κ3) is 3.93. The number of amides is 1. The van der Waals surface area contributed by atoms with Crippen molar-refractivity contribution in [3.63, 3.8) is 0 Å². The topological polar surface area (TPSA) is 95.5 Å². The number of rotatable bonds is 4. The number of phenolic OH excluding ortho intramolecular Hbond substituents is 1. The molecule has 0 atom stereocenters. The van der Waals surface area contributed by atoms with Crippen LogP contribution in [0.1, 0.15) is 29.2 Å². The van der Waals surface area contributed by atoms with Gasteiger partial charge < -0.3 is 10.4 Å². The molecule has 0 spiro atoms. The van der Waals surface area contributed by atoms with Gasteiger partial charge in [-0.15, -0.1) is 0 Å². The van der Waals surface area contributed by atoms with Crippen LogP contribution in [0.25, 0.3) is 0 Å². The van der Waals surface area contributed by atoms with Gasteiger partial charge in [0.2, 0.25) is 5.91 Å². The van der Waals surface area contributed by atoms with Gasteiger partial charge in [0.1, 0.15) is 5.75 Å². The summed E-state index contributed by atoms with van der Waals surface area (Å²) >= 11 is 0. The minimum Gasteiger partial charge on any atom is -0.507 e. The molecule has 0 aromatic heterocycles. The second-order valence-corrected chi connectivity index (χ2v) is 7.75. The monoisotopic (exact) mass is 362 g/mol. The highest BCUT2D eigenvalue weighted by Gasteiger charge is 2.22. The third-order valence-electron chi connectivity index (χ3n) is 3.93. The lowest BCUT2D eigenvalue weighted by Gasteiger charge is -2.17. The Morgan fingerprint density at radius 2 is 1.56 bits per heavy atom. The third-order valence-corrected chi connectivity index (χ3v) is 5.60. The van der Waals surface area contributed by atoms with E-state index in [1.54, 1.807) is 52.0 Å². The zero-order valence-corrected chi connectivity index (χ0v) is 15.7. The van der Waals surface area contributed by atoms with Crippen LogP contribution in [0.5, 0.6) is 5.75 Å². The number of anilines is 2. The molecular weight excluding hydrogens is 340 g/mol. The molecule has 1 amide bonds. The van der Waals surface area contributed by atoms with Crippen molar-refractivity contribution in [3.8, 4) is 5.75 Å². The Bertz CT molecular complexity index is 927. The standard InChI is InChI=1S/C18H22N2O4S/c1-10-6-7-16(13(4)17(10)22)20-25(23,24)18-11(2)8-15(9-12(18)3)19-14(5)21/h6-9,20,22H,1-5H3,(H,19,21). The van der Waals surface area contributed by atoms with Crippen LogP contribution in [0.2, 0.25) is 0 Å². The molecule has 0 radical (unpaired) electrons. The zero-order chi connectivity index (χ0) is 18.9. The van der Waals surface area contributed by atoms with E-state index in [0.717, 1.165) is 0 Å². The van der Waals surface area contributed by atoms with E-state index in [-0.39, 0.29) is 16.6 Å². The van der Waals surface area contributed by atoms with Crippen molar-refractivity contribution in [2.45, 2.75) is 39.5 Å². The lowest BCUT2D eigenvalue weighted by molar-refractivity contribution is -0.114. The normalized spacial score (nSPS) is 11.2. The molecule has 0 saturated heterocycles. The number of phenols is 1. The highest BCUT2D eigenvalue weighted by atomic mass is 32.2. The highest BCUT2D eigenvalue weighted by molar-refractivity contribution is 7.92. The molecule has 0 aliphatic rings. The zero-order valence-electron chi connectivity index (χ0n) is 14.9. The van der Waals surface area contributed by atoms with Crippen LogP contribution in [0.3, 0.4) is 0 Å². The van der Waals surface area contributed by atoms with Crippen LogP contribution in [0.4, 0.5) is 11.4 Å². The minimum atomic E-state index is -3.85. The molecule has 2 aromatic carbocycles. The quantitative estimate of drug-likeness (QED) is 0.777. The number of aryl methyl sites for hydroxylation is 3. The minimum absolute atomic E-state index is 0.0645. The maximum Gasteiger partial charge on any atom is 0.262 e. The maximum atomic E-state index is 12.8. The molecule has 3 N–H and O–H groups in total.